The van der Waals surface area contributed by atoms with Gasteiger partial charge in [0, 0.05) is 20.1 Å². The number of anilines is 2. The van der Waals surface area contributed by atoms with Gasteiger partial charge in [0.1, 0.15) is 0 Å². The average molecular weight is 313 g/mol. The highest BCUT2D eigenvalue weighted by Crippen LogP contribution is 2.25. The highest BCUT2D eigenvalue weighted by Gasteiger charge is 2.18. The van der Waals surface area contributed by atoms with Crippen molar-refractivity contribution in [1.82, 2.24) is 4.31 Å². The molecule has 0 aromatic heterocycles. The molecule has 0 fully saturated rings. The minimum atomic E-state index is -3.44. The number of rotatable bonds is 7. The molecule has 1 unspecified atom stereocenters. The van der Waals surface area contributed by atoms with Crippen LogP contribution in [0.5, 0.6) is 0 Å². The Labute approximate surface area is 128 Å². The van der Waals surface area contributed by atoms with Crippen LogP contribution >= 0.6 is 0 Å². The predicted molar refractivity (Wildman–Crippen MR) is 88.9 cm³/mol. The lowest BCUT2D eigenvalue weighted by Crippen LogP contribution is -2.23. The van der Waals surface area contributed by atoms with E-state index in [0.29, 0.717) is 17.3 Å². The van der Waals surface area contributed by atoms with E-state index in [1.807, 2.05) is 0 Å². The molecular weight excluding hydrogens is 286 g/mol. The molecule has 0 amide bonds. The van der Waals surface area contributed by atoms with Crippen molar-refractivity contribution in [2.45, 2.75) is 44.6 Å². The topological polar surface area (TPSA) is 75.4 Å². The van der Waals surface area contributed by atoms with E-state index < -0.39 is 10.0 Å². The first-order chi connectivity index (χ1) is 9.64. The van der Waals surface area contributed by atoms with Gasteiger partial charge in [0.05, 0.1) is 16.3 Å². The maximum atomic E-state index is 12.2. The summed E-state index contributed by atoms with van der Waals surface area (Å²) in [5.41, 5.74) is 7.18. The number of nitrogens with zero attached hydrogens (tertiary/aromatic N) is 1. The van der Waals surface area contributed by atoms with Gasteiger partial charge >= 0.3 is 0 Å². The Hall–Kier alpha value is -1.27. The molecule has 1 rings (SSSR count). The number of nitrogen functional groups attached to an aromatic ring is 1. The fraction of sp³-hybridized carbons (Fsp3) is 0.600. The zero-order chi connectivity index (χ0) is 16.2. The average Bonchev–Trinajstić information content (AvgIpc) is 2.38. The summed E-state index contributed by atoms with van der Waals surface area (Å²) in [6.45, 7) is 6.45. The zero-order valence-corrected chi connectivity index (χ0v) is 14.4. The number of benzene rings is 1. The molecular formula is C15H27N3O2S. The van der Waals surface area contributed by atoms with Crippen molar-refractivity contribution in [2.24, 2.45) is 5.92 Å². The van der Waals surface area contributed by atoms with Gasteiger partial charge in [0.15, 0.2) is 0 Å². The number of nitrogens with two attached hydrogens (primary N) is 1. The Balaban J connectivity index is 2.93. The van der Waals surface area contributed by atoms with Crippen LogP contribution in [0.2, 0.25) is 0 Å². The molecule has 0 saturated carbocycles. The van der Waals surface area contributed by atoms with E-state index in [1.54, 1.807) is 12.1 Å². The van der Waals surface area contributed by atoms with Gasteiger partial charge in [-0.05, 0) is 43.9 Å². The minimum absolute atomic E-state index is 0.243. The van der Waals surface area contributed by atoms with Crippen LogP contribution < -0.4 is 11.1 Å². The SMILES string of the molecule is CC(C)CCC(C)Nc1cc(S(=O)(=O)N(C)C)ccc1N. The lowest BCUT2D eigenvalue weighted by atomic mass is 10.0. The van der Waals surface area contributed by atoms with E-state index in [2.05, 4.69) is 26.1 Å². The van der Waals surface area contributed by atoms with Crippen molar-refractivity contribution in [2.75, 3.05) is 25.1 Å². The van der Waals surface area contributed by atoms with Gasteiger partial charge in [-0.15, -0.1) is 0 Å². The molecule has 21 heavy (non-hydrogen) atoms. The number of nitrogens with one attached hydrogen (secondary N) is 1. The van der Waals surface area contributed by atoms with Crippen LogP contribution in [-0.2, 0) is 10.0 Å². The monoisotopic (exact) mass is 313 g/mol. The molecule has 0 aliphatic heterocycles. The highest BCUT2D eigenvalue weighted by molar-refractivity contribution is 7.89. The third-order valence-electron chi connectivity index (χ3n) is 3.38. The molecule has 0 spiro atoms. The summed E-state index contributed by atoms with van der Waals surface area (Å²) in [5, 5.41) is 3.31. The van der Waals surface area contributed by atoms with E-state index in [4.69, 9.17) is 5.73 Å². The third-order valence-corrected chi connectivity index (χ3v) is 5.19. The van der Waals surface area contributed by atoms with E-state index >= 15 is 0 Å². The summed E-state index contributed by atoms with van der Waals surface area (Å²) in [7, 11) is -0.404. The summed E-state index contributed by atoms with van der Waals surface area (Å²) >= 11 is 0. The van der Waals surface area contributed by atoms with Crippen LogP contribution in [0.15, 0.2) is 23.1 Å². The largest absolute Gasteiger partial charge is 0.397 e. The molecule has 6 heteroatoms. The minimum Gasteiger partial charge on any atom is -0.397 e. The number of sulfonamides is 1. The van der Waals surface area contributed by atoms with Crippen LogP contribution in [0.3, 0.4) is 0 Å². The molecule has 5 nitrogen and oxygen atoms in total. The second kappa shape index (κ2) is 7.13. The van der Waals surface area contributed by atoms with Gasteiger partial charge < -0.3 is 11.1 Å². The highest BCUT2D eigenvalue weighted by atomic mass is 32.2. The third kappa shape index (κ3) is 4.89. The van der Waals surface area contributed by atoms with Crippen molar-refractivity contribution >= 4 is 21.4 Å². The summed E-state index contributed by atoms with van der Waals surface area (Å²) in [6.07, 6.45) is 2.13. The lowest BCUT2D eigenvalue weighted by molar-refractivity contribution is 0.520. The standard InChI is InChI=1S/C15H27N3O2S/c1-11(2)6-7-12(3)17-15-10-13(8-9-14(15)16)21(19,20)18(4)5/h8-12,17H,6-7,16H2,1-5H3. The van der Waals surface area contributed by atoms with Crippen LogP contribution in [0.1, 0.15) is 33.6 Å². The zero-order valence-electron chi connectivity index (χ0n) is 13.6. The molecule has 0 aliphatic carbocycles. The van der Waals surface area contributed by atoms with Gasteiger partial charge in [0.25, 0.3) is 0 Å². The van der Waals surface area contributed by atoms with Crippen LogP contribution in [0.25, 0.3) is 0 Å². The number of hydrogen-bond acceptors (Lipinski definition) is 4. The van der Waals surface area contributed by atoms with Gasteiger partial charge in [-0.2, -0.15) is 0 Å². The first-order valence-corrected chi connectivity index (χ1v) is 8.67. The summed E-state index contributed by atoms with van der Waals surface area (Å²) in [5.74, 6) is 0.645. The first kappa shape index (κ1) is 17.8. The van der Waals surface area contributed by atoms with E-state index in [1.165, 1.54) is 24.5 Å². The van der Waals surface area contributed by atoms with Crippen molar-refractivity contribution in [3.05, 3.63) is 18.2 Å². The second-order valence-electron chi connectivity index (χ2n) is 6.05. The Morgan fingerprint density at radius 1 is 1.19 bits per heavy atom. The van der Waals surface area contributed by atoms with Gasteiger partial charge in [-0.1, -0.05) is 13.8 Å². The van der Waals surface area contributed by atoms with E-state index in [-0.39, 0.29) is 10.9 Å². The van der Waals surface area contributed by atoms with Crippen molar-refractivity contribution in [1.29, 1.82) is 0 Å². The van der Waals surface area contributed by atoms with Crippen LogP contribution in [0.4, 0.5) is 11.4 Å². The molecule has 1 aromatic rings. The van der Waals surface area contributed by atoms with Crippen LogP contribution in [-0.4, -0.2) is 32.9 Å². The van der Waals surface area contributed by atoms with Crippen LogP contribution in [0, 0.1) is 5.92 Å². The molecule has 120 valence electrons. The number of hydrogen-bond donors (Lipinski definition) is 2. The smallest absolute Gasteiger partial charge is 0.242 e. The predicted octanol–water partition coefficient (Wildman–Crippen LogP) is 2.76. The molecule has 0 radical (unpaired) electrons. The Bertz CT molecular complexity index is 568. The van der Waals surface area contributed by atoms with Crippen molar-refractivity contribution in [3.63, 3.8) is 0 Å². The quantitative estimate of drug-likeness (QED) is 0.759. The molecule has 3 N–H and O–H groups in total. The Morgan fingerprint density at radius 2 is 1.81 bits per heavy atom. The summed E-state index contributed by atoms with van der Waals surface area (Å²) in [4.78, 5) is 0.250. The van der Waals surface area contributed by atoms with Gasteiger partial charge in [0.2, 0.25) is 10.0 Å². The Morgan fingerprint density at radius 3 is 2.33 bits per heavy atom. The fourth-order valence-corrected chi connectivity index (χ4v) is 2.88. The molecule has 1 atom stereocenters. The maximum Gasteiger partial charge on any atom is 0.242 e. The second-order valence-corrected chi connectivity index (χ2v) is 8.20. The normalized spacial score (nSPS) is 13.7. The van der Waals surface area contributed by atoms with E-state index in [0.717, 1.165) is 12.8 Å². The maximum absolute atomic E-state index is 12.2. The summed E-state index contributed by atoms with van der Waals surface area (Å²) < 4.78 is 25.5. The molecule has 1 aromatic carbocycles. The lowest BCUT2D eigenvalue weighted by Gasteiger charge is -2.19. The first-order valence-electron chi connectivity index (χ1n) is 7.23. The summed E-state index contributed by atoms with van der Waals surface area (Å²) in [6, 6.07) is 5.02. The van der Waals surface area contributed by atoms with Crippen molar-refractivity contribution < 1.29 is 8.42 Å². The fourth-order valence-electron chi connectivity index (χ4n) is 1.95. The van der Waals surface area contributed by atoms with Gasteiger partial charge in [-0.25, -0.2) is 12.7 Å². The molecule has 0 heterocycles. The van der Waals surface area contributed by atoms with Gasteiger partial charge in [-0.3, -0.25) is 0 Å². The van der Waals surface area contributed by atoms with Crippen molar-refractivity contribution in [3.8, 4) is 0 Å². The Kier molecular flexibility index (Phi) is 6.04. The molecule has 0 saturated heterocycles. The molecule has 0 aliphatic rings. The van der Waals surface area contributed by atoms with E-state index in [9.17, 15) is 8.42 Å². The molecule has 0 bridgehead atoms.